The predicted octanol–water partition coefficient (Wildman–Crippen LogP) is 3.14. The minimum absolute atomic E-state index is 0.0416. The quantitative estimate of drug-likeness (QED) is 0.316. The highest BCUT2D eigenvalue weighted by molar-refractivity contribution is 5.95. The zero-order chi connectivity index (χ0) is 14.6. The number of carbonyl (C=O) groups excluding carboxylic acids is 1. The number of allylic oxidation sites excluding steroid dienone is 1. The summed E-state index contributed by atoms with van der Waals surface area (Å²) < 4.78 is 10.6. The Balaban J connectivity index is 2.16. The highest BCUT2D eigenvalue weighted by Crippen LogP contribution is 2.11. The maximum atomic E-state index is 11.2. The second kappa shape index (κ2) is 9.82. The molecule has 0 amide bonds. The summed E-state index contributed by atoms with van der Waals surface area (Å²) in [4.78, 5) is 11.2. The van der Waals surface area contributed by atoms with Gasteiger partial charge >= 0.3 is 0 Å². The minimum atomic E-state index is -0.0416. The molecule has 0 aliphatic carbocycles. The van der Waals surface area contributed by atoms with Gasteiger partial charge in [0.15, 0.2) is 0 Å². The third kappa shape index (κ3) is 6.77. The fourth-order valence-electron chi connectivity index (χ4n) is 1.49. The van der Waals surface area contributed by atoms with Crippen molar-refractivity contribution in [1.82, 2.24) is 0 Å². The maximum Gasteiger partial charge on any atom is 0.205 e. The van der Waals surface area contributed by atoms with E-state index in [0.717, 1.165) is 11.3 Å². The summed E-state index contributed by atoms with van der Waals surface area (Å²) in [5.74, 6) is 6.21. The second-order valence-electron chi connectivity index (χ2n) is 4.20. The van der Waals surface area contributed by atoms with Gasteiger partial charge in [0.05, 0.1) is 20.3 Å². The van der Waals surface area contributed by atoms with Gasteiger partial charge in [-0.3, -0.25) is 4.79 Å². The Hall–Kier alpha value is -2.05. The van der Waals surface area contributed by atoms with E-state index in [1.165, 1.54) is 0 Å². The summed E-state index contributed by atoms with van der Waals surface area (Å²) >= 11 is 0. The maximum absolute atomic E-state index is 11.2. The van der Waals surface area contributed by atoms with Crippen molar-refractivity contribution in [3.63, 3.8) is 0 Å². The van der Waals surface area contributed by atoms with Gasteiger partial charge in [0.2, 0.25) is 5.78 Å². The lowest BCUT2D eigenvalue weighted by Gasteiger charge is -2.03. The zero-order valence-electron chi connectivity index (χ0n) is 11.9. The molecule has 0 aliphatic heterocycles. The number of ether oxygens (including phenoxy) is 2. The number of methoxy groups -OCH3 is 1. The van der Waals surface area contributed by atoms with E-state index in [-0.39, 0.29) is 5.78 Å². The van der Waals surface area contributed by atoms with Gasteiger partial charge in [-0.1, -0.05) is 24.1 Å². The first-order valence-corrected chi connectivity index (χ1v) is 6.59. The summed E-state index contributed by atoms with van der Waals surface area (Å²) in [6, 6.07) is 7.72. The molecular weight excluding hydrogens is 252 g/mol. The smallest absolute Gasteiger partial charge is 0.205 e. The number of rotatable bonds is 8. The van der Waals surface area contributed by atoms with Crippen LogP contribution in [0.5, 0.6) is 5.75 Å². The van der Waals surface area contributed by atoms with Crippen LogP contribution in [0.2, 0.25) is 0 Å². The summed E-state index contributed by atoms with van der Waals surface area (Å²) in [5.41, 5.74) is 1.08. The molecule has 106 valence electrons. The van der Waals surface area contributed by atoms with Crippen LogP contribution in [0.15, 0.2) is 36.9 Å². The molecular formula is C17H20O3. The van der Waals surface area contributed by atoms with E-state index < -0.39 is 0 Å². The van der Waals surface area contributed by atoms with Crippen LogP contribution in [0.4, 0.5) is 0 Å². The first kappa shape index (κ1) is 16.0. The standard InChI is InChI=1S/C17H20O3/c1-3-4-7-16(18)8-5-6-13-20-14-15-9-11-17(19-2)12-10-15/h3,9-12H,1,4,6-7,13-14H2,2H3. The van der Waals surface area contributed by atoms with Crippen molar-refractivity contribution in [3.05, 3.63) is 42.5 Å². The van der Waals surface area contributed by atoms with Crippen molar-refractivity contribution < 1.29 is 14.3 Å². The van der Waals surface area contributed by atoms with Crippen LogP contribution in [0, 0.1) is 11.8 Å². The third-order valence-electron chi connectivity index (χ3n) is 2.60. The van der Waals surface area contributed by atoms with Crippen molar-refractivity contribution >= 4 is 5.78 Å². The lowest BCUT2D eigenvalue weighted by molar-refractivity contribution is -0.113. The van der Waals surface area contributed by atoms with Crippen LogP contribution in [0.1, 0.15) is 24.8 Å². The molecule has 0 aliphatic rings. The molecule has 0 spiro atoms. The monoisotopic (exact) mass is 272 g/mol. The summed E-state index contributed by atoms with van der Waals surface area (Å²) in [5, 5.41) is 0. The van der Waals surface area contributed by atoms with Crippen molar-refractivity contribution in [1.29, 1.82) is 0 Å². The number of Topliss-reactive ketones (excluding diaryl/α,β-unsaturated/α-hetero) is 1. The lowest BCUT2D eigenvalue weighted by atomic mass is 10.2. The number of ketones is 1. The average Bonchev–Trinajstić information content (AvgIpc) is 2.49. The molecule has 3 heteroatoms. The normalized spacial score (nSPS) is 9.45. The lowest BCUT2D eigenvalue weighted by Crippen LogP contribution is -1.96. The van der Waals surface area contributed by atoms with E-state index >= 15 is 0 Å². The molecule has 0 fully saturated rings. The molecule has 3 nitrogen and oxygen atoms in total. The Labute approximate surface area is 120 Å². The molecule has 0 atom stereocenters. The molecule has 1 rings (SSSR count). The molecule has 0 saturated heterocycles. The van der Waals surface area contributed by atoms with Gasteiger partial charge in [-0.25, -0.2) is 0 Å². The van der Waals surface area contributed by atoms with Crippen molar-refractivity contribution in [3.8, 4) is 17.6 Å². The van der Waals surface area contributed by atoms with Crippen molar-refractivity contribution in [2.45, 2.75) is 25.9 Å². The largest absolute Gasteiger partial charge is 0.497 e. The Morgan fingerprint density at radius 2 is 2.10 bits per heavy atom. The topological polar surface area (TPSA) is 35.5 Å². The van der Waals surface area contributed by atoms with Crippen LogP contribution in [-0.4, -0.2) is 19.5 Å². The molecule has 0 unspecified atom stereocenters. The van der Waals surface area contributed by atoms with E-state index in [1.54, 1.807) is 13.2 Å². The molecule has 0 aromatic heterocycles. The van der Waals surface area contributed by atoms with Gasteiger partial charge in [0.25, 0.3) is 0 Å². The molecule has 0 N–H and O–H groups in total. The molecule has 1 aromatic carbocycles. The highest BCUT2D eigenvalue weighted by atomic mass is 16.5. The van der Waals surface area contributed by atoms with Crippen LogP contribution >= 0.6 is 0 Å². The average molecular weight is 272 g/mol. The molecule has 1 aromatic rings. The van der Waals surface area contributed by atoms with Crippen molar-refractivity contribution in [2.75, 3.05) is 13.7 Å². The SMILES string of the molecule is C=CCCC(=O)C#CCCOCc1ccc(OC)cc1. The van der Waals surface area contributed by atoms with Gasteiger partial charge in [0.1, 0.15) is 5.75 Å². The van der Waals surface area contributed by atoms with Gasteiger partial charge in [-0.2, -0.15) is 0 Å². The van der Waals surface area contributed by atoms with Gasteiger partial charge < -0.3 is 9.47 Å². The first-order valence-electron chi connectivity index (χ1n) is 6.59. The Kier molecular flexibility index (Phi) is 7.86. The fraction of sp³-hybridized carbons (Fsp3) is 0.353. The highest BCUT2D eigenvalue weighted by Gasteiger charge is 1.95. The van der Waals surface area contributed by atoms with E-state index in [9.17, 15) is 4.79 Å². The number of benzene rings is 1. The second-order valence-corrected chi connectivity index (χ2v) is 4.20. The molecule has 20 heavy (non-hydrogen) atoms. The van der Waals surface area contributed by atoms with Crippen LogP contribution in [0.3, 0.4) is 0 Å². The van der Waals surface area contributed by atoms with Gasteiger partial charge in [-0.05, 0) is 30.0 Å². The number of carbonyl (C=O) groups is 1. The summed E-state index contributed by atoms with van der Waals surface area (Å²) in [6.45, 7) is 4.62. The number of hydrogen-bond donors (Lipinski definition) is 0. The van der Waals surface area contributed by atoms with Crippen LogP contribution in [-0.2, 0) is 16.1 Å². The molecule has 0 heterocycles. The fourth-order valence-corrected chi connectivity index (χ4v) is 1.49. The van der Waals surface area contributed by atoms with E-state index in [1.807, 2.05) is 24.3 Å². The Bertz CT molecular complexity index is 477. The Morgan fingerprint density at radius 1 is 1.35 bits per heavy atom. The van der Waals surface area contributed by atoms with Crippen molar-refractivity contribution in [2.24, 2.45) is 0 Å². The van der Waals surface area contributed by atoms with Gasteiger partial charge in [0, 0.05) is 12.8 Å². The van der Waals surface area contributed by atoms with Crippen LogP contribution < -0.4 is 4.74 Å². The third-order valence-corrected chi connectivity index (χ3v) is 2.60. The molecule has 0 bridgehead atoms. The molecule has 0 radical (unpaired) electrons. The van der Waals surface area contributed by atoms with E-state index in [0.29, 0.717) is 32.5 Å². The summed E-state index contributed by atoms with van der Waals surface area (Å²) in [7, 11) is 1.64. The van der Waals surface area contributed by atoms with E-state index in [4.69, 9.17) is 9.47 Å². The number of hydrogen-bond acceptors (Lipinski definition) is 3. The first-order chi connectivity index (χ1) is 9.76. The minimum Gasteiger partial charge on any atom is -0.497 e. The zero-order valence-corrected chi connectivity index (χ0v) is 11.9. The summed E-state index contributed by atoms with van der Waals surface area (Å²) in [6.07, 6.45) is 3.41. The molecule has 0 saturated carbocycles. The Morgan fingerprint density at radius 3 is 2.75 bits per heavy atom. The van der Waals surface area contributed by atoms with Gasteiger partial charge in [-0.15, -0.1) is 6.58 Å². The van der Waals surface area contributed by atoms with Crippen LogP contribution in [0.25, 0.3) is 0 Å². The predicted molar refractivity (Wildman–Crippen MR) is 79.5 cm³/mol. The van der Waals surface area contributed by atoms with E-state index in [2.05, 4.69) is 18.4 Å².